The van der Waals surface area contributed by atoms with E-state index < -0.39 is 17.3 Å². The first-order valence-electron chi connectivity index (χ1n) is 10.2. The zero-order valence-corrected chi connectivity index (χ0v) is 18.2. The molecule has 1 aliphatic carbocycles. The molecule has 11 heteroatoms. The number of hydrogen-bond donors (Lipinski definition) is 2. The van der Waals surface area contributed by atoms with E-state index in [-0.39, 0.29) is 30.0 Å². The van der Waals surface area contributed by atoms with Crippen molar-refractivity contribution in [1.29, 1.82) is 0 Å². The molecule has 0 unspecified atom stereocenters. The molecule has 0 bridgehead atoms. The number of halogens is 4. The molecule has 1 aromatic carbocycles. The van der Waals surface area contributed by atoms with Crippen LogP contribution in [0.15, 0.2) is 18.2 Å². The summed E-state index contributed by atoms with van der Waals surface area (Å²) in [5, 5.41) is 3.08. The summed E-state index contributed by atoms with van der Waals surface area (Å²) >= 11 is 6.07. The molecule has 0 spiro atoms. The van der Waals surface area contributed by atoms with E-state index in [1.54, 1.807) is 12.0 Å². The standard InChI is InChI=1S/C21H23ClF3N5O2/c1-32-20(4-2-5-20)18(31)30-6-3-16-15(11-30)17(29-19(22)28-16)27-10-12-7-13(21(23,24)25)9-14(26)8-12/h7-9H,2-6,10-11,26H2,1H3,(H,27,28,29). The van der Waals surface area contributed by atoms with Crippen molar-refractivity contribution < 1.29 is 22.7 Å². The zero-order chi connectivity index (χ0) is 23.1. The van der Waals surface area contributed by atoms with Gasteiger partial charge in [0, 0.05) is 37.9 Å². The highest BCUT2D eigenvalue weighted by atomic mass is 35.5. The van der Waals surface area contributed by atoms with Gasteiger partial charge in [-0.2, -0.15) is 13.2 Å². The number of fused-ring (bicyclic) bond motifs is 1. The molecule has 1 amide bonds. The van der Waals surface area contributed by atoms with Crippen molar-refractivity contribution in [3.8, 4) is 0 Å². The van der Waals surface area contributed by atoms with Gasteiger partial charge in [-0.25, -0.2) is 9.97 Å². The molecule has 2 aliphatic rings. The van der Waals surface area contributed by atoms with Crippen molar-refractivity contribution >= 4 is 29.0 Å². The Hall–Kier alpha value is -2.59. The second-order valence-electron chi connectivity index (χ2n) is 8.11. The number of anilines is 2. The number of nitrogens with zero attached hydrogens (tertiary/aromatic N) is 3. The number of carbonyl (C=O) groups excluding carboxylic acids is 1. The third-order valence-electron chi connectivity index (χ3n) is 6.06. The van der Waals surface area contributed by atoms with E-state index in [0.717, 1.165) is 18.6 Å². The van der Waals surface area contributed by atoms with E-state index in [2.05, 4.69) is 15.3 Å². The fraction of sp³-hybridized carbons (Fsp3) is 0.476. The molecule has 1 saturated carbocycles. The van der Waals surface area contributed by atoms with Gasteiger partial charge in [0.2, 0.25) is 5.28 Å². The molecule has 1 aromatic heterocycles. The smallest absolute Gasteiger partial charge is 0.399 e. The minimum Gasteiger partial charge on any atom is -0.399 e. The Kier molecular flexibility index (Phi) is 5.93. The number of benzene rings is 1. The van der Waals surface area contributed by atoms with Gasteiger partial charge in [-0.15, -0.1) is 0 Å². The van der Waals surface area contributed by atoms with E-state index >= 15 is 0 Å². The quantitative estimate of drug-likeness (QED) is 0.511. The molecule has 0 saturated heterocycles. The van der Waals surface area contributed by atoms with Gasteiger partial charge in [0.15, 0.2) is 0 Å². The summed E-state index contributed by atoms with van der Waals surface area (Å²) in [7, 11) is 1.55. The molecular formula is C21H23ClF3N5O2. The number of methoxy groups -OCH3 is 1. The van der Waals surface area contributed by atoms with Gasteiger partial charge in [-0.1, -0.05) is 0 Å². The lowest BCUT2D eigenvalue weighted by Crippen LogP contribution is -2.55. The third kappa shape index (κ3) is 4.33. The Morgan fingerprint density at radius 1 is 1.31 bits per heavy atom. The molecule has 32 heavy (non-hydrogen) atoms. The first kappa shape index (κ1) is 22.6. The normalized spacial score (nSPS) is 17.5. The number of amides is 1. The molecule has 0 atom stereocenters. The van der Waals surface area contributed by atoms with Crippen molar-refractivity contribution in [3.63, 3.8) is 0 Å². The summed E-state index contributed by atoms with van der Waals surface area (Å²) in [5.41, 5.74) is 5.83. The van der Waals surface area contributed by atoms with Crippen LogP contribution in [0.2, 0.25) is 5.28 Å². The predicted molar refractivity (Wildman–Crippen MR) is 113 cm³/mol. The Balaban J connectivity index is 1.56. The highest BCUT2D eigenvalue weighted by Gasteiger charge is 2.47. The number of hydrogen-bond acceptors (Lipinski definition) is 6. The lowest BCUT2D eigenvalue weighted by molar-refractivity contribution is -0.167. The van der Waals surface area contributed by atoms with Gasteiger partial charge in [0.25, 0.3) is 5.91 Å². The third-order valence-corrected chi connectivity index (χ3v) is 6.23. The average Bonchev–Trinajstić information content (AvgIpc) is 2.70. The second-order valence-corrected chi connectivity index (χ2v) is 8.45. The maximum absolute atomic E-state index is 13.1. The number of rotatable bonds is 5. The highest BCUT2D eigenvalue weighted by molar-refractivity contribution is 6.28. The minimum absolute atomic E-state index is 0.0153. The minimum atomic E-state index is -4.50. The molecule has 172 valence electrons. The van der Waals surface area contributed by atoms with E-state index in [1.165, 1.54) is 6.07 Å². The summed E-state index contributed by atoms with van der Waals surface area (Å²) in [6.07, 6.45) is -1.69. The first-order valence-corrected chi connectivity index (χ1v) is 10.6. The fourth-order valence-electron chi connectivity index (χ4n) is 4.16. The average molecular weight is 470 g/mol. The van der Waals surface area contributed by atoms with E-state index in [1.807, 2.05) is 0 Å². The van der Waals surface area contributed by atoms with Crippen molar-refractivity contribution in [2.75, 3.05) is 24.7 Å². The maximum Gasteiger partial charge on any atom is 0.416 e. The Morgan fingerprint density at radius 2 is 2.06 bits per heavy atom. The van der Waals surface area contributed by atoms with Crippen LogP contribution in [-0.4, -0.2) is 40.0 Å². The SMILES string of the molecule is COC1(C(=O)N2CCc3nc(Cl)nc(NCc4cc(N)cc(C(F)(F)F)c4)c3C2)CCC1. The molecule has 1 aliphatic heterocycles. The summed E-state index contributed by atoms with van der Waals surface area (Å²) in [4.78, 5) is 23.3. The van der Waals surface area contributed by atoms with E-state index in [9.17, 15) is 18.0 Å². The van der Waals surface area contributed by atoms with Crippen LogP contribution in [0, 0.1) is 0 Å². The summed E-state index contributed by atoms with van der Waals surface area (Å²) < 4.78 is 44.8. The van der Waals surface area contributed by atoms with Crippen LogP contribution in [0.5, 0.6) is 0 Å². The fourth-order valence-corrected chi connectivity index (χ4v) is 4.35. The molecule has 2 heterocycles. The molecule has 4 rings (SSSR count). The molecule has 3 N–H and O–H groups in total. The lowest BCUT2D eigenvalue weighted by Gasteiger charge is -2.43. The molecule has 0 radical (unpaired) electrons. The van der Waals surface area contributed by atoms with Crippen molar-refractivity contribution in [2.24, 2.45) is 0 Å². The van der Waals surface area contributed by atoms with Crippen LogP contribution < -0.4 is 11.1 Å². The largest absolute Gasteiger partial charge is 0.416 e. The number of alkyl halides is 3. The Bertz CT molecular complexity index is 1040. The molecule has 2 aromatic rings. The topological polar surface area (TPSA) is 93.4 Å². The van der Waals surface area contributed by atoms with Gasteiger partial charge in [-0.3, -0.25) is 4.79 Å². The number of nitrogens with one attached hydrogen (secondary N) is 1. The van der Waals surface area contributed by atoms with Gasteiger partial charge in [0.1, 0.15) is 11.4 Å². The van der Waals surface area contributed by atoms with Gasteiger partial charge >= 0.3 is 6.18 Å². The summed E-state index contributed by atoms with van der Waals surface area (Å²) in [6, 6.07) is 3.39. The van der Waals surface area contributed by atoms with E-state index in [0.29, 0.717) is 48.4 Å². The highest BCUT2D eigenvalue weighted by Crippen LogP contribution is 2.38. The van der Waals surface area contributed by atoms with Crippen molar-refractivity contribution in [1.82, 2.24) is 14.9 Å². The maximum atomic E-state index is 13.1. The number of nitrogen functional groups attached to an aromatic ring is 1. The number of nitrogens with two attached hydrogens (primary N) is 1. The lowest BCUT2D eigenvalue weighted by atomic mass is 9.78. The summed E-state index contributed by atoms with van der Waals surface area (Å²) in [5.74, 6) is 0.317. The van der Waals surface area contributed by atoms with E-state index in [4.69, 9.17) is 22.1 Å². The Morgan fingerprint density at radius 3 is 2.69 bits per heavy atom. The second kappa shape index (κ2) is 8.40. The molecular weight excluding hydrogens is 447 g/mol. The predicted octanol–water partition coefficient (Wildman–Crippen LogP) is 3.80. The first-order chi connectivity index (χ1) is 15.1. The number of carbonyl (C=O) groups is 1. The van der Waals surface area contributed by atoms with Crippen molar-refractivity contribution in [3.05, 3.63) is 45.9 Å². The Labute approximate surface area is 188 Å². The van der Waals surface area contributed by atoms with Crippen LogP contribution in [-0.2, 0) is 35.2 Å². The van der Waals surface area contributed by atoms with Gasteiger partial charge in [0.05, 0.1) is 17.8 Å². The van der Waals surface area contributed by atoms with Crippen LogP contribution in [0.1, 0.15) is 41.6 Å². The van der Waals surface area contributed by atoms with Gasteiger partial charge in [-0.05, 0) is 54.6 Å². The van der Waals surface area contributed by atoms with Crippen LogP contribution >= 0.6 is 11.6 Å². The molecule has 1 fully saturated rings. The monoisotopic (exact) mass is 469 g/mol. The summed E-state index contributed by atoms with van der Waals surface area (Å²) in [6.45, 7) is 0.793. The van der Waals surface area contributed by atoms with Crippen LogP contribution in [0.3, 0.4) is 0 Å². The van der Waals surface area contributed by atoms with Gasteiger partial charge < -0.3 is 20.7 Å². The number of ether oxygens (including phenoxy) is 1. The van der Waals surface area contributed by atoms with Crippen LogP contribution in [0.25, 0.3) is 0 Å². The van der Waals surface area contributed by atoms with Crippen molar-refractivity contribution in [2.45, 2.75) is 50.6 Å². The number of aromatic nitrogens is 2. The van der Waals surface area contributed by atoms with Crippen LogP contribution in [0.4, 0.5) is 24.7 Å². The molecule has 7 nitrogen and oxygen atoms in total. The zero-order valence-electron chi connectivity index (χ0n) is 17.4.